The maximum absolute atomic E-state index is 10.6. The van der Waals surface area contributed by atoms with Gasteiger partial charge in [0.25, 0.3) is 0 Å². The Kier molecular flexibility index (Phi) is 3.38. The fourth-order valence-corrected chi connectivity index (χ4v) is 2.28. The zero-order valence-corrected chi connectivity index (χ0v) is 9.94. The van der Waals surface area contributed by atoms with Crippen LogP contribution in [0.3, 0.4) is 0 Å². The second-order valence-electron chi connectivity index (χ2n) is 4.35. The van der Waals surface area contributed by atoms with Crippen molar-refractivity contribution in [3.63, 3.8) is 0 Å². The normalized spacial score (nSPS) is 11.4. The predicted octanol–water partition coefficient (Wildman–Crippen LogP) is 3.70. The first-order valence-corrected chi connectivity index (χ1v) is 5.49. The summed E-state index contributed by atoms with van der Waals surface area (Å²) in [4.78, 5) is 11.8. The van der Waals surface area contributed by atoms with Crippen molar-refractivity contribution in [1.29, 1.82) is 0 Å². The third-order valence-corrected chi connectivity index (χ3v) is 2.89. The van der Waals surface area contributed by atoms with Crippen LogP contribution in [0.1, 0.15) is 36.7 Å². The summed E-state index contributed by atoms with van der Waals surface area (Å²) >= 11 is 1.82. The lowest BCUT2D eigenvalue weighted by atomic mass is 10.1. The van der Waals surface area contributed by atoms with E-state index in [0.29, 0.717) is 0 Å². The molecule has 0 radical (unpaired) electrons. The van der Waals surface area contributed by atoms with Gasteiger partial charge >= 0.3 is 0 Å². The third kappa shape index (κ3) is 3.18. The van der Waals surface area contributed by atoms with Crippen molar-refractivity contribution in [1.82, 2.24) is 0 Å². The van der Waals surface area contributed by atoms with Crippen molar-refractivity contribution in [3.8, 4) is 0 Å². The second kappa shape index (κ2) is 4.18. The Hall–Kier alpha value is -0.760. The standard InChI is InChI=1S/C12H16OS/c1-9-7-11(14-12(2,3)4)6-5-10(9)8-13/h5-8H,1-4H3. The van der Waals surface area contributed by atoms with Crippen LogP contribution in [-0.2, 0) is 0 Å². The molecule has 0 atom stereocenters. The van der Waals surface area contributed by atoms with Crippen LogP contribution in [0.2, 0.25) is 0 Å². The summed E-state index contributed by atoms with van der Waals surface area (Å²) in [6, 6.07) is 5.96. The molecule has 0 unspecified atom stereocenters. The SMILES string of the molecule is Cc1cc(SC(C)(C)C)ccc1C=O. The Morgan fingerprint density at radius 3 is 2.36 bits per heavy atom. The first kappa shape index (κ1) is 11.3. The summed E-state index contributed by atoms with van der Waals surface area (Å²) in [5.41, 5.74) is 1.83. The average molecular weight is 208 g/mol. The fraction of sp³-hybridized carbons (Fsp3) is 0.417. The molecule has 0 saturated carbocycles. The molecule has 1 rings (SSSR count). The van der Waals surface area contributed by atoms with Gasteiger partial charge in [-0.25, -0.2) is 0 Å². The van der Waals surface area contributed by atoms with Crippen LogP contribution in [0.15, 0.2) is 23.1 Å². The highest BCUT2D eigenvalue weighted by Gasteiger charge is 2.12. The summed E-state index contributed by atoms with van der Waals surface area (Å²) in [6.45, 7) is 8.51. The Morgan fingerprint density at radius 2 is 1.93 bits per heavy atom. The molecular weight excluding hydrogens is 192 g/mol. The molecule has 1 aromatic rings. The van der Waals surface area contributed by atoms with E-state index < -0.39 is 0 Å². The number of benzene rings is 1. The molecule has 0 amide bonds. The minimum atomic E-state index is 0.217. The summed E-state index contributed by atoms with van der Waals surface area (Å²) < 4.78 is 0.217. The monoisotopic (exact) mass is 208 g/mol. The van der Waals surface area contributed by atoms with Gasteiger partial charge in [0.2, 0.25) is 0 Å². The molecule has 14 heavy (non-hydrogen) atoms. The zero-order chi connectivity index (χ0) is 10.8. The van der Waals surface area contributed by atoms with E-state index in [2.05, 4.69) is 26.8 Å². The highest BCUT2D eigenvalue weighted by atomic mass is 32.2. The van der Waals surface area contributed by atoms with E-state index in [4.69, 9.17) is 0 Å². The Morgan fingerprint density at radius 1 is 1.29 bits per heavy atom. The topological polar surface area (TPSA) is 17.1 Å². The van der Waals surface area contributed by atoms with Gasteiger partial charge < -0.3 is 0 Å². The largest absolute Gasteiger partial charge is 0.298 e. The van der Waals surface area contributed by atoms with E-state index in [1.807, 2.05) is 30.8 Å². The lowest BCUT2D eigenvalue weighted by Gasteiger charge is -2.17. The summed E-state index contributed by atoms with van der Waals surface area (Å²) in [5, 5.41) is 0. The van der Waals surface area contributed by atoms with Gasteiger partial charge in [0.05, 0.1) is 0 Å². The van der Waals surface area contributed by atoms with Crippen molar-refractivity contribution >= 4 is 18.0 Å². The van der Waals surface area contributed by atoms with Gasteiger partial charge in [-0.1, -0.05) is 26.8 Å². The molecule has 0 heterocycles. The highest BCUT2D eigenvalue weighted by molar-refractivity contribution is 8.00. The number of aryl methyl sites for hydroxylation is 1. The molecule has 0 fully saturated rings. The quantitative estimate of drug-likeness (QED) is 0.544. The van der Waals surface area contributed by atoms with Crippen LogP contribution in [0.25, 0.3) is 0 Å². The number of hydrogen-bond acceptors (Lipinski definition) is 2. The number of aldehydes is 1. The zero-order valence-electron chi connectivity index (χ0n) is 9.13. The first-order chi connectivity index (χ1) is 6.42. The number of rotatable bonds is 2. The molecule has 0 spiro atoms. The summed E-state index contributed by atoms with van der Waals surface area (Å²) in [5.74, 6) is 0. The fourth-order valence-electron chi connectivity index (χ4n) is 1.20. The van der Waals surface area contributed by atoms with Crippen molar-refractivity contribution in [2.75, 3.05) is 0 Å². The molecule has 76 valence electrons. The van der Waals surface area contributed by atoms with E-state index in [9.17, 15) is 4.79 Å². The molecule has 0 aromatic heterocycles. The van der Waals surface area contributed by atoms with E-state index in [-0.39, 0.29) is 4.75 Å². The molecule has 0 aliphatic rings. The number of thioether (sulfide) groups is 1. The molecule has 1 aromatic carbocycles. The molecule has 0 bridgehead atoms. The number of hydrogen-bond donors (Lipinski definition) is 0. The van der Waals surface area contributed by atoms with Crippen LogP contribution in [0, 0.1) is 6.92 Å². The smallest absolute Gasteiger partial charge is 0.150 e. The van der Waals surface area contributed by atoms with Gasteiger partial charge in [0.1, 0.15) is 6.29 Å². The maximum Gasteiger partial charge on any atom is 0.150 e. The second-order valence-corrected chi connectivity index (χ2v) is 6.25. The van der Waals surface area contributed by atoms with Gasteiger partial charge in [-0.3, -0.25) is 4.79 Å². The molecule has 0 N–H and O–H groups in total. The van der Waals surface area contributed by atoms with Crippen molar-refractivity contribution in [2.24, 2.45) is 0 Å². The number of carbonyl (C=O) groups excluding carboxylic acids is 1. The minimum absolute atomic E-state index is 0.217. The summed E-state index contributed by atoms with van der Waals surface area (Å²) in [7, 11) is 0. The van der Waals surface area contributed by atoms with Gasteiger partial charge in [-0.2, -0.15) is 0 Å². The minimum Gasteiger partial charge on any atom is -0.298 e. The molecule has 1 nitrogen and oxygen atoms in total. The van der Waals surface area contributed by atoms with E-state index >= 15 is 0 Å². The molecular formula is C12H16OS. The molecule has 0 aliphatic heterocycles. The first-order valence-electron chi connectivity index (χ1n) is 4.67. The van der Waals surface area contributed by atoms with Gasteiger partial charge in [-0.15, -0.1) is 11.8 Å². The van der Waals surface area contributed by atoms with E-state index in [1.54, 1.807) is 0 Å². The lowest BCUT2D eigenvalue weighted by molar-refractivity contribution is 0.112. The Bertz CT molecular complexity index is 337. The summed E-state index contributed by atoms with van der Waals surface area (Å²) in [6.07, 6.45) is 0.904. The molecule has 2 heteroatoms. The van der Waals surface area contributed by atoms with Crippen LogP contribution >= 0.6 is 11.8 Å². The lowest BCUT2D eigenvalue weighted by Crippen LogP contribution is -2.06. The number of carbonyl (C=O) groups is 1. The van der Waals surface area contributed by atoms with Crippen LogP contribution in [-0.4, -0.2) is 11.0 Å². The van der Waals surface area contributed by atoms with Crippen LogP contribution < -0.4 is 0 Å². The van der Waals surface area contributed by atoms with Gasteiger partial charge in [0, 0.05) is 15.2 Å². The van der Waals surface area contributed by atoms with Gasteiger partial charge in [0.15, 0.2) is 0 Å². The van der Waals surface area contributed by atoms with E-state index in [1.165, 1.54) is 4.90 Å². The predicted molar refractivity (Wildman–Crippen MR) is 62.2 cm³/mol. The van der Waals surface area contributed by atoms with Crippen molar-refractivity contribution in [3.05, 3.63) is 29.3 Å². The Balaban J connectivity index is 2.92. The van der Waals surface area contributed by atoms with Gasteiger partial charge in [-0.05, 0) is 24.6 Å². The van der Waals surface area contributed by atoms with Crippen molar-refractivity contribution in [2.45, 2.75) is 37.3 Å². The van der Waals surface area contributed by atoms with Crippen molar-refractivity contribution < 1.29 is 4.79 Å². The van der Waals surface area contributed by atoms with Crippen LogP contribution in [0.5, 0.6) is 0 Å². The Labute approximate surface area is 89.9 Å². The highest BCUT2D eigenvalue weighted by Crippen LogP contribution is 2.32. The third-order valence-electron chi connectivity index (χ3n) is 1.79. The van der Waals surface area contributed by atoms with E-state index in [0.717, 1.165) is 17.4 Å². The molecule has 0 saturated heterocycles. The average Bonchev–Trinajstić information content (AvgIpc) is 2.01. The molecule has 0 aliphatic carbocycles. The van der Waals surface area contributed by atoms with Crippen LogP contribution in [0.4, 0.5) is 0 Å². The maximum atomic E-state index is 10.6.